The number of rotatable bonds is 1. The summed E-state index contributed by atoms with van der Waals surface area (Å²) >= 11 is 0. The van der Waals surface area contributed by atoms with E-state index in [1.807, 2.05) is 6.92 Å². The maximum atomic E-state index is 4.55. The van der Waals surface area contributed by atoms with E-state index in [-0.39, 0.29) is 0 Å². The van der Waals surface area contributed by atoms with Crippen molar-refractivity contribution in [2.24, 2.45) is 0 Å². The fraction of sp³-hybridized carbons (Fsp3) is 0.308. The second kappa shape index (κ2) is 3.41. The third-order valence-corrected chi connectivity index (χ3v) is 2.62. The third kappa shape index (κ3) is 1.50. The van der Waals surface area contributed by atoms with Crippen LogP contribution in [0.3, 0.4) is 0 Å². The Morgan fingerprint density at radius 2 is 1.93 bits per heavy atom. The molecule has 1 heterocycles. The van der Waals surface area contributed by atoms with Crippen LogP contribution in [0.1, 0.15) is 23.7 Å². The zero-order valence-corrected chi connectivity index (χ0v) is 8.96. The minimum absolute atomic E-state index is 1.07. The van der Waals surface area contributed by atoms with Gasteiger partial charge in [-0.2, -0.15) is 0 Å². The fourth-order valence-corrected chi connectivity index (χ4v) is 1.84. The highest BCUT2D eigenvalue weighted by Crippen LogP contribution is 2.19. The molecule has 0 amide bonds. The van der Waals surface area contributed by atoms with Crippen LogP contribution in [0.5, 0.6) is 0 Å². The number of nitrogens with zero attached hydrogens (tertiary/aromatic N) is 1. The van der Waals surface area contributed by atoms with E-state index in [1.165, 1.54) is 16.5 Å². The van der Waals surface area contributed by atoms with Crippen LogP contribution in [0.25, 0.3) is 10.9 Å². The molecule has 0 aliphatic rings. The highest BCUT2D eigenvalue weighted by Gasteiger charge is 2.00. The van der Waals surface area contributed by atoms with Gasteiger partial charge in [0.25, 0.3) is 0 Å². The van der Waals surface area contributed by atoms with Crippen molar-refractivity contribution in [3.8, 4) is 0 Å². The van der Waals surface area contributed by atoms with Crippen LogP contribution in [-0.4, -0.2) is 4.98 Å². The Labute approximate surface area is 84.8 Å². The van der Waals surface area contributed by atoms with Crippen LogP contribution in [0, 0.1) is 13.8 Å². The Bertz CT molecular complexity index is 472. The predicted molar refractivity (Wildman–Crippen MR) is 60.6 cm³/mol. The van der Waals surface area contributed by atoms with Gasteiger partial charge in [0.05, 0.1) is 5.52 Å². The number of aromatic nitrogens is 1. The lowest BCUT2D eigenvalue weighted by molar-refractivity contribution is 1.14. The zero-order valence-electron chi connectivity index (χ0n) is 8.96. The van der Waals surface area contributed by atoms with Gasteiger partial charge < -0.3 is 0 Å². The number of pyridine rings is 1. The minimum atomic E-state index is 1.07. The lowest BCUT2D eigenvalue weighted by atomic mass is 10.1. The van der Waals surface area contributed by atoms with Gasteiger partial charge in [0.2, 0.25) is 0 Å². The van der Waals surface area contributed by atoms with Gasteiger partial charge in [0.15, 0.2) is 0 Å². The van der Waals surface area contributed by atoms with E-state index >= 15 is 0 Å². The predicted octanol–water partition coefficient (Wildman–Crippen LogP) is 3.41. The summed E-state index contributed by atoms with van der Waals surface area (Å²) in [5.41, 5.74) is 4.90. The van der Waals surface area contributed by atoms with Crippen molar-refractivity contribution in [2.45, 2.75) is 27.2 Å². The molecule has 0 atom stereocenters. The first-order valence-electron chi connectivity index (χ1n) is 5.07. The monoisotopic (exact) mass is 185 g/mol. The van der Waals surface area contributed by atoms with E-state index in [1.54, 1.807) is 0 Å². The lowest BCUT2D eigenvalue weighted by Crippen LogP contribution is -1.89. The van der Waals surface area contributed by atoms with Gasteiger partial charge in [-0.1, -0.05) is 19.1 Å². The summed E-state index contributed by atoms with van der Waals surface area (Å²) in [6, 6.07) is 8.69. The van der Waals surface area contributed by atoms with E-state index in [4.69, 9.17) is 0 Å². The number of hydrogen-bond acceptors (Lipinski definition) is 1. The summed E-state index contributed by atoms with van der Waals surface area (Å²) in [5, 5.41) is 1.27. The molecule has 0 spiro atoms. The average molecular weight is 185 g/mol. The smallest absolute Gasteiger partial charge is 0.0710 e. The molecule has 1 nitrogen and oxygen atoms in total. The number of aryl methyl sites for hydroxylation is 3. The molecule has 1 heteroatoms. The summed E-state index contributed by atoms with van der Waals surface area (Å²) < 4.78 is 0. The average Bonchev–Trinajstić information content (AvgIpc) is 2.16. The van der Waals surface area contributed by atoms with Gasteiger partial charge in [-0.05, 0) is 43.5 Å². The SMILES string of the molecule is CCc1ccc2c(C)cc(C)nc2c1. The van der Waals surface area contributed by atoms with Crippen molar-refractivity contribution < 1.29 is 0 Å². The molecule has 0 saturated carbocycles. The Morgan fingerprint density at radius 1 is 1.14 bits per heavy atom. The maximum absolute atomic E-state index is 4.55. The Hall–Kier alpha value is -1.37. The van der Waals surface area contributed by atoms with Crippen molar-refractivity contribution in [1.29, 1.82) is 0 Å². The van der Waals surface area contributed by atoms with Gasteiger partial charge in [0, 0.05) is 11.1 Å². The van der Waals surface area contributed by atoms with Crippen LogP contribution >= 0.6 is 0 Å². The van der Waals surface area contributed by atoms with Crippen molar-refractivity contribution >= 4 is 10.9 Å². The molecule has 1 aromatic carbocycles. The molecule has 0 unspecified atom stereocenters. The first kappa shape index (κ1) is 9.20. The molecule has 0 aliphatic carbocycles. The summed E-state index contributed by atoms with van der Waals surface area (Å²) in [6.45, 7) is 6.36. The second-order valence-electron chi connectivity index (χ2n) is 3.79. The van der Waals surface area contributed by atoms with Crippen LogP contribution in [0.4, 0.5) is 0 Å². The maximum Gasteiger partial charge on any atom is 0.0710 e. The molecule has 2 aromatic rings. The summed E-state index contributed by atoms with van der Waals surface area (Å²) in [4.78, 5) is 4.55. The quantitative estimate of drug-likeness (QED) is 0.663. The van der Waals surface area contributed by atoms with Gasteiger partial charge in [-0.3, -0.25) is 4.98 Å². The molecular formula is C13H15N. The third-order valence-electron chi connectivity index (χ3n) is 2.62. The molecule has 0 radical (unpaired) electrons. The summed E-state index contributed by atoms with van der Waals surface area (Å²) in [7, 11) is 0. The fourth-order valence-electron chi connectivity index (χ4n) is 1.84. The van der Waals surface area contributed by atoms with Crippen LogP contribution in [0.2, 0.25) is 0 Å². The first-order chi connectivity index (χ1) is 6.70. The lowest BCUT2D eigenvalue weighted by Gasteiger charge is -2.05. The molecule has 0 saturated heterocycles. The topological polar surface area (TPSA) is 12.9 Å². The summed E-state index contributed by atoms with van der Waals surface area (Å²) in [5.74, 6) is 0. The Kier molecular flexibility index (Phi) is 2.24. The van der Waals surface area contributed by atoms with E-state index in [9.17, 15) is 0 Å². The molecular weight excluding hydrogens is 170 g/mol. The largest absolute Gasteiger partial charge is 0.253 e. The molecule has 0 fully saturated rings. The molecule has 1 aromatic heterocycles. The summed E-state index contributed by atoms with van der Waals surface area (Å²) in [6.07, 6.45) is 1.07. The van der Waals surface area contributed by atoms with Crippen molar-refractivity contribution in [1.82, 2.24) is 4.98 Å². The highest BCUT2D eigenvalue weighted by atomic mass is 14.7. The van der Waals surface area contributed by atoms with E-state index < -0.39 is 0 Å². The van der Waals surface area contributed by atoms with E-state index in [0.717, 1.165) is 17.6 Å². The normalized spacial score (nSPS) is 10.8. The van der Waals surface area contributed by atoms with E-state index in [2.05, 4.69) is 43.1 Å². The van der Waals surface area contributed by atoms with Gasteiger partial charge >= 0.3 is 0 Å². The molecule has 0 aliphatic heterocycles. The van der Waals surface area contributed by atoms with Gasteiger partial charge in [0.1, 0.15) is 0 Å². The van der Waals surface area contributed by atoms with E-state index in [0.29, 0.717) is 0 Å². The first-order valence-corrected chi connectivity index (χ1v) is 5.07. The van der Waals surface area contributed by atoms with Gasteiger partial charge in [-0.15, -0.1) is 0 Å². The molecule has 0 N–H and O–H groups in total. The number of benzene rings is 1. The second-order valence-corrected chi connectivity index (χ2v) is 3.79. The van der Waals surface area contributed by atoms with Gasteiger partial charge in [-0.25, -0.2) is 0 Å². The minimum Gasteiger partial charge on any atom is -0.253 e. The van der Waals surface area contributed by atoms with Crippen molar-refractivity contribution in [3.05, 3.63) is 41.1 Å². The standard InChI is InChI=1S/C13H15N/c1-4-11-5-6-12-9(2)7-10(3)14-13(12)8-11/h5-8H,4H2,1-3H3. The van der Waals surface area contributed by atoms with Crippen LogP contribution < -0.4 is 0 Å². The highest BCUT2D eigenvalue weighted by molar-refractivity contribution is 5.82. The van der Waals surface area contributed by atoms with Crippen LogP contribution in [-0.2, 0) is 6.42 Å². The van der Waals surface area contributed by atoms with Crippen LogP contribution in [0.15, 0.2) is 24.3 Å². The molecule has 2 rings (SSSR count). The van der Waals surface area contributed by atoms with Crippen molar-refractivity contribution in [3.63, 3.8) is 0 Å². The Morgan fingerprint density at radius 3 is 2.64 bits per heavy atom. The number of hydrogen-bond donors (Lipinski definition) is 0. The Balaban J connectivity index is 2.75. The number of fused-ring (bicyclic) bond motifs is 1. The zero-order chi connectivity index (χ0) is 10.1. The molecule has 72 valence electrons. The molecule has 0 bridgehead atoms. The van der Waals surface area contributed by atoms with Crippen molar-refractivity contribution in [2.75, 3.05) is 0 Å². The molecule has 14 heavy (non-hydrogen) atoms.